The highest BCUT2D eigenvalue weighted by Gasteiger charge is 2.10. The number of amides is 1. The number of nitrogens with one attached hydrogen (secondary N) is 1. The van der Waals surface area contributed by atoms with E-state index in [2.05, 4.69) is 15.3 Å². The van der Waals surface area contributed by atoms with Crippen LogP contribution in [0, 0.1) is 0 Å². The Morgan fingerprint density at radius 2 is 2.41 bits per heavy atom. The van der Waals surface area contributed by atoms with E-state index in [1.54, 1.807) is 18.3 Å². The molecule has 0 spiro atoms. The maximum absolute atomic E-state index is 11.8. The molecule has 0 aromatic carbocycles. The second-order valence-corrected chi connectivity index (χ2v) is 4.42. The number of anilines is 1. The fourth-order valence-corrected chi connectivity index (χ4v) is 2.03. The SMILES string of the molecule is CC(N)c1csc(NC(=O)c2cccnc2)n1. The zero-order valence-electron chi connectivity index (χ0n) is 9.25. The number of hydrogen-bond donors (Lipinski definition) is 2. The van der Waals surface area contributed by atoms with Crippen molar-refractivity contribution in [2.45, 2.75) is 13.0 Å². The standard InChI is InChI=1S/C11H12N4OS/c1-7(12)9-6-17-11(14-9)15-10(16)8-3-2-4-13-5-8/h2-7H,12H2,1H3,(H,14,15,16). The normalized spacial score (nSPS) is 12.1. The highest BCUT2D eigenvalue weighted by atomic mass is 32.1. The zero-order valence-corrected chi connectivity index (χ0v) is 10.1. The van der Waals surface area contributed by atoms with Crippen LogP contribution in [0.2, 0.25) is 0 Å². The number of hydrogen-bond acceptors (Lipinski definition) is 5. The van der Waals surface area contributed by atoms with Crippen molar-refractivity contribution in [1.82, 2.24) is 9.97 Å². The third-order valence-corrected chi connectivity index (χ3v) is 2.91. The van der Waals surface area contributed by atoms with Gasteiger partial charge in [0.25, 0.3) is 5.91 Å². The van der Waals surface area contributed by atoms with Crippen LogP contribution in [0.3, 0.4) is 0 Å². The first-order valence-electron chi connectivity index (χ1n) is 5.09. The van der Waals surface area contributed by atoms with Crippen LogP contribution in [0.1, 0.15) is 29.0 Å². The summed E-state index contributed by atoms with van der Waals surface area (Å²) in [6.07, 6.45) is 3.13. The largest absolute Gasteiger partial charge is 0.323 e. The highest BCUT2D eigenvalue weighted by molar-refractivity contribution is 7.14. The molecule has 1 atom stereocenters. The Bertz CT molecular complexity index is 509. The Kier molecular flexibility index (Phi) is 3.46. The lowest BCUT2D eigenvalue weighted by molar-refractivity contribution is 0.102. The van der Waals surface area contributed by atoms with Gasteiger partial charge in [0.15, 0.2) is 5.13 Å². The van der Waals surface area contributed by atoms with Crippen molar-refractivity contribution in [1.29, 1.82) is 0 Å². The Labute approximate surface area is 103 Å². The van der Waals surface area contributed by atoms with Crippen molar-refractivity contribution < 1.29 is 4.79 Å². The van der Waals surface area contributed by atoms with Gasteiger partial charge >= 0.3 is 0 Å². The number of rotatable bonds is 3. The molecule has 2 rings (SSSR count). The summed E-state index contributed by atoms with van der Waals surface area (Å²) in [5.74, 6) is -0.219. The van der Waals surface area contributed by atoms with Gasteiger partial charge in [-0.1, -0.05) is 0 Å². The minimum Gasteiger partial charge on any atom is -0.323 e. The minimum atomic E-state index is -0.219. The van der Waals surface area contributed by atoms with Gasteiger partial charge in [0, 0.05) is 23.8 Å². The molecule has 0 saturated carbocycles. The summed E-state index contributed by atoms with van der Waals surface area (Å²) in [7, 11) is 0. The molecule has 6 heteroatoms. The topological polar surface area (TPSA) is 80.9 Å². The van der Waals surface area contributed by atoms with Crippen molar-refractivity contribution in [3.05, 3.63) is 41.2 Å². The van der Waals surface area contributed by atoms with E-state index >= 15 is 0 Å². The molecular formula is C11H12N4OS. The van der Waals surface area contributed by atoms with Crippen molar-refractivity contribution in [3.63, 3.8) is 0 Å². The van der Waals surface area contributed by atoms with Gasteiger partial charge in [0.1, 0.15) is 0 Å². The monoisotopic (exact) mass is 248 g/mol. The number of carbonyl (C=O) groups is 1. The second-order valence-electron chi connectivity index (χ2n) is 3.56. The predicted molar refractivity (Wildman–Crippen MR) is 66.9 cm³/mol. The lowest BCUT2D eigenvalue weighted by Crippen LogP contribution is -2.12. The molecule has 17 heavy (non-hydrogen) atoms. The van der Waals surface area contributed by atoms with Crippen molar-refractivity contribution >= 4 is 22.4 Å². The first kappa shape index (κ1) is 11.7. The van der Waals surface area contributed by atoms with Crippen molar-refractivity contribution in [2.24, 2.45) is 5.73 Å². The van der Waals surface area contributed by atoms with E-state index in [-0.39, 0.29) is 11.9 Å². The van der Waals surface area contributed by atoms with E-state index in [0.717, 1.165) is 5.69 Å². The summed E-state index contributed by atoms with van der Waals surface area (Å²) >= 11 is 1.36. The molecule has 3 N–H and O–H groups in total. The average Bonchev–Trinajstić information content (AvgIpc) is 2.79. The minimum absolute atomic E-state index is 0.129. The van der Waals surface area contributed by atoms with Gasteiger partial charge in [-0.15, -0.1) is 11.3 Å². The van der Waals surface area contributed by atoms with E-state index < -0.39 is 0 Å². The average molecular weight is 248 g/mol. The molecule has 2 aromatic rings. The molecule has 2 aromatic heterocycles. The van der Waals surface area contributed by atoms with Crippen molar-refractivity contribution in [3.8, 4) is 0 Å². The third-order valence-electron chi connectivity index (χ3n) is 2.13. The number of pyridine rings is 1. The van der Waals surface area contributed by atoms with Crippen LogP contribution >= 0.6 is 11.3 Å². The summed E-state index contributed by atoms with van der Waals surface area (Å²) in [5.41, 5.74) is 6.97. The molecule has 0 aliphatic carbocycles. The number of nitrogens with two attached hydrogens (primary N) is 1. The molecule has 88 valence electrons. The van der Waals surface area contributed by atoms with Crippen LogP contribution in [0.15, 0.2) is 29.9 Å². The summed E-state index contributed by atoms with van der Waals surface area (Å²) in [5, 5.41) is 5.09. The number of carbonyl (C=O) groups excluding carboxylic acids is 1. The zero-order chi connectivity index (χ0) is 12.3. The van der Waals surface area contributed by atoms with Gasteiger partial charge in [0.2, 0.25) is 0 Å². The van der Waals surface area contributed by atoms with E-state index in [4.69, 9.17) is 5.73 Å². The molecule has 2 heterocycles. The second kappa shape index (κ2) is 5.03. The van der Waals surface area contributed by atoms with Crippen LogP contribution in [0.4, 0.5) is 5.13 Å². The molecular weight excluding hydrogens is 236 g/mol. The lowest BCUT2D eigenvalue weighted by atomic mass is 10.3. The first-order valence-corrected chi connectivity index (χ1v) is 5.97. The fourth-order valence-electron chi connectivity index (χ4n) is 1.22. The summed E-state index contributed by atoms with van der Waals surface area (Å²) < 4.78 is 0. The first-order chi connectivity index (χ1) is 8.16. The molecule has 0 saturated heterocycles. The number of aromatic nitrogens is 2. The molecule has 1 unspecified atom stereocenters. The molecule has 0 radical (unpaired) electrons. The lowest BCUT2D eigenvalue weighted by Gasteiger charge is -2.01. The third kappa shape index (κ3) is 2.86. The van der Waals surface area contributed by atoms with Crippen LogP contribution in [-0.4, -0.2) is 15.9 Å². The van der Waals surface area contributed by atoms with E-state index in [1.807, 2.05) is 12.3 Å². The quantitative estimate of drug-likeness (QED) is 0.868. The Morgan fingerprint density at radius 1 is 1.59 bits per heavy atom. The van der Waals surface area contributed by atoms with Crippen LogP contribution in [0.5, 0.6) is 0 Å². The maximum Gasteiger partial charge on any atom is 0.259 e. The van der Waals surface area contributed by atoms with Gasteiger partial charge in [0.05, 0.1) is 11.3 Å². The van der Waals surface area contributed by atoms with E-state index in [1.165, 1.54) is 17.5 Å². The predicted octanol–water partition coefficient (Wildman–Crippen LogP) is 1.81. The van der Waals surface area contributed by atoms with E-state index in [0.29, 0.717) is 10.7 Å². The van der Waals surface area contributed by atoms with Gasteiger partial charge in [-0.2, -0.15) is 0 Å². The van der Waals surface area contributed by atoms with E-state index in [9.17, 15) is 4.79 Å². The molecule has 0 aliphatic heterocycles. The molecule has 0 bridgehead atoms. The van der Waals surface area contributed by atoms with Gasteiger partial charge < -0.3 is 5.73 Å². The molecule has 1 amide bonds. The van der Waals surface area contributed by atoms with Crippen LogP contribution in [0.25, 0.3) is 0 Å². The van der Waals surface area contributed by atoms with Crippen molar-refractivity contribution in [2.75, 3.05) is 5.32 Å². The number of nitrogens with zero attached hydrogens (tertiary/aromatic N) is 2. The van der Waals surface area contributed by atoms with Crippen LogP contribution < -0.4 is 11.1 Å². The summed E-state index contributed by atoms with van der Waals surface area (Å²) in [6, 6.07) is 3.28. The Hall–Kier alpha value is -1.79. The van der Waals surface area contributed by atoms with Gasteiger partial charge in [-0.05, 0) is 19.1 Å². The maximum atomic E-state index is 11.8. The number of thiazole rings is 1. The Morgan fingerprint density at radius 3 is 3.00 bits per heavy atom. The summed E-state index contributed by atoms with van der Waals surface area (Å²) in [6.45, 7) is 1.85. The molecule has 0 fully saturated rings. The van der Waals surface area contributed by atoms with Gasteiger partial charge in [-0.3, -0.25) is 15.1 Å². The smallest absolute Gasteiger partial charge is 0.259 e. The summed E-state index contributed by atoms with van der Waals surface area (Å²) in [4.78, 5) is 19.9. The molecule has 0 aliphatic rings. The molecule has 5 nitrogen and oxygen atoms in total. The Balaban J connectivity index is 2.08. The van der Waals surface area contributed by atoms with Crippen LogP contribution in [-0.2, 0) is 0 Å². The highest BCUT2D eigenvalue weighted by Crippen LogP contribution is 2.19. The fraction of sp³-hybridized carbons (Fsp3) is 0.182. The van der Waals surface area contributed by atoms with Gasteiger partial charge in [-0.25, -0.2) is 4.98 Å².